The average molecular weight is 424 g/mol. The largest absolute Gasteiger partial charge is 0.384 e. The third-order valence-corrected chi connectivity index (χ3v) is 4.16. The number of rotatable bonds is 8. The van der Waals surface area contributed by atoms with Crippen molar-refractivity contribution >= 4 is 34.5 Å². The smallest absolute Gasteiger partial charge is 0.116 e. The van der Waals surface area contributed by atoms with E-state index >= 15 is 0 Å². The molecule has 122 valence electrons. The van der Waals surface area contributed by atoms with Gasteiger partial charge in [-0.15, -0.1) is 0 Å². The summed E-state index contributed by atoms with van der Waals surface area (Å²) in [6.45, 7) is 3.17. The van der Waals surface area contributed by atoms with Gasteiger partial charge in [0.2, 0.25) is 0 Å². The zero-order valence-electron chi connectivity index (χ0n) is 13.1. The predicted octanol–water partition coefficient (Wildman–Crippen LogP) is 4.17. The fourth-order valence-electron chi connectivity index (χ4n) is 2.21. The zero-order valence-corrected chi connectivity index (χ0v) is 15.2. The molecular weight excluding hydrogens is 403 g/mol. The van der Waals surface area contributed by atoms with Crippen LogP contribution in [0.3, 0.4) is 0 Å². The minimum absolute atomic E-state index is 0.410. The fraction of sp³-hybridized carbons (Fsp3) is 0.278. The van der Waals surface area contributed by atoms with E-state index in [1.165, 1.54) is 6.21 Å². The molecule has 5 heteroatoms. The van der Waals surface area contributed by atoms with Crippen LogP contribution in [-0.2, 0) is 4.74 Å². The van der Waals surface area contributed by atoms with E-state index in [2.05, 4.69) is 34.8 Å². The van der Waals surface area contributed by atoms with Crippen molar-refractivity contribution in [2.75, 3.05) is 18.7 Å². The van der Waals surface area contributed by atoms with Crippen molar-refractivity contribution in [3.63, 3.8) is 0 Å². The van der Waals surface area contributed by atoms with Crippen LogP contribution in [-0.4, -0.2) is 24.7 Å². The maximum Gasteiger partial charge on any atom is 0.116 e. The molecule has 0 fully saturated rings. The first-order valence-corrected chi connectivity index (χ1v) is 8.63. The molecule has 0 aliphatic carbocycles. The molecule has 0 radical (unpaired) electrons. The van der Waals surface area contributed by atoms with Gasteiger partial charge < -0.3 is 20.6 Å². The van der Waals surface area contributed by atoms with Gasteiger partial charge in [-0.05, 0) is 64.4 Å². The third-order valence-electron chi connectivity index (χ3n) is 3.45. The van der Waals surface area contributed by atoms with E-state index in [4.69, 9.17) is 10.1 Å². The van der Waals surface area contributed by atoms with Crippen molar-refractivity contribution < 1.29 is 9.84 Å². The first-order chi connectivity index (χ1) is 11.2. The average Bonchev–Trinajstić information content (AvgIpc) is 2.59. The highest BCUT2D eigenvalue weighted by atomic mass is 127. The number of aliphatic hydroxyl groups excluding tert-OH is 1. The van der Waals surface area contributed by atoms with Gasteiger partial charge in [-0.25, -0.2) is 0 Å². The van der Waals surface area contributed by atoms with Gasteiger partial charge in [-0.2, -0.15) is 0 Å². The van der Waals surface area contributed by atoms with E-state index in [0.717, 1.165) is 32.4 Å². The predicted molar refractivity (Wildman–Crippen MR) is 102 cm³/mol. The van der Waals surface area contributed by atoms with Crippen LogP contribution in [0.15, 0.2) is 42.5 Å². The number of anilines is 1. The quantitative estimate of drug-likeness (QED) is 0.258. The van der Waals surface area contributed by atoms with Crippen LogP contribution in [0.4, 0.5) is 5.69 Å². The van der Waals surface area contributed by atoms with Crippen LogP contribution >= 0.6 is 22.6 Å². The Morgan fingerprint density at radius 3 is 2.57 bits per heavy atom. The molecule has 0 aliphatic rings. The maximum absolute atomic E-state index is 10.5. The number of halogens is 1. The molecule has 0 bridgehead atoms. The second-order valence-corrected chi connectivity index (χ2v) is 6.42. The third kappa shape index (κ3) is 5.02. The first kappa shape index (κ1) is 17.9. The van der Waals surface area contributed by atoms with E-state index in [0.29, 0.717) is 13.3 Å². The van der Waals surface area contributed by atoms with Gasteiger partial charge in [0.25, 0.3) is 0 Å². The van der Waals surface area contributed by atoms with Crippen molar-refractivity contribution in [1.29, 1.82) is 5.41 Å². The van der Waals surface area contributed by atoms with Gasteiger partial charge in [0.15, 0.2) is 0 Å². The molecule has 1 unspecified atom stereocenters. The molecule has 1 atom stereocenters. The van der Waals surface area contributed by atoms with Gasteiger partial charge in [0.05, 0.1) is 0 Å². The molecule has 0 aliphatic heterocycles. The van der Waals surface area contributed by atoms with Crippen LogP contribution in [0.5, 0.6) is 0 Å². The van der Waals surface area contributed by atoms with E-state index in [9.17, 15) is 5.11 Å². The lowest BCUT2D eigenvalue weighted by molar-refractivity contribution is 0.153. The topological polar surface area (TPSA) is 65.3 Å². The summed E-state index contributed by atoms with van der Waals surface area (Å²) in [6, 6.07) is 13.4. The Bertz CT molecular complexity index is 644. The van der Waals surface area contributed by atoms with E-state index in [1.54, 1.807) is 0 Å². The Kier molecular flexibility index (Phi) is 7.01. The Morgan fingerprint density at radius 2 is 1.91 bits per heavy atom. The molecule has 0 heterocycles. The number of nitrogens with one attached hydrogen (secondary N) is 2. The van der Waals surface area contributed by atoms with Crippen LogP contribution in [0.25, 0.3) is 0 Å². The van der Waals surface area contributed by atoms with Gasteiger partial charge in [0, 0.05) is 27.6 Å². The monoisotopic (exact) mass is 424 g/mol. The maximum atomic E-state index is 10.5. The number of aliphatic hydroxyl groups is 1. The second kappa shape index (κ2) is 9.00. The summed E-state index contributed by atoms with van der Waals surface area (Å²) in [4.78, 5) is 0. The number of hydrogen-bond acceptors (Lipinski definition) is 4. The van der Waals surface area contributed by atoms with Gasteiger partial charge in [-0.3, -0.25) is 0 Å². The van der Waals surface area contributed by atoms with Crippen molar-refractivity contribution in [2.24, 2.45) is 0 Å². The number of ether oxygens (including phenoxy) is 1. The summed E-state index contributed by atoms with van der Waals surface area (Å²) in [5.41, 5.74) is 3.17. The van der Waals surface area contributed by atoms with E-state index in [-0.39, 0.29) is 0 Å². The lowest BCUT2D eigenvalue weighted by Gasteiger charge is -2.15. The van der Waals surface area contributed by atoms with Crippen molar-refractivity contribution in [2.45, 2.75) is 19.4 Å². The summed E-state index contributed by atoms with van der Waals surface area (Å²) in [5.74, 6) is 0. The van der Waals surface area contributed by atoms with Gasteiger partial charge >= 0.3 is 0 Å². The summed E-state index contributed by atoms with van der Waals surface area (Å²) in [7, 11) is 0. The second-order valence-electron chi connectivity index (χ2n) is 5.17. The normalized spacial score (nSPS) is 12.0. The highest BCUT2D eigenvalue weighted by Gasteiger charge is 2.12. The summed E-state index contributed by atoms with van der Waals surface area (Å²) < 4.78 is 6.54. The van der Waals surface area contributed by atoms with E-state index < -0.39 is 6.10 Å². The molecule has 0 saturated carbocycles. The summed E-state index contributed by atoms with van der Waals surface area (Å²) in [6.07, 6.45) is 1.56. The molecule has 0 aromatic heterocycles. The first-order valence-electron chi connectivity index (χ1n) is 7.55. The molecule has 2 aromatic carbocycles. The summed E-state index contributed by atoms with van der Waals surface area (Å²) in [5, 5.41) is 21.3. The lowest BCUT2D eigenvalue weighted by Crippen LogP contribution is -2.09. The van der Waals surface area contributed by atoms with Gasteiger partial charge in [0.1, 0.15) is 12.8 Å². The Hall–Kier alpha value is -1.44. The van der Waals surface area contributed by atoms with E-state index in [1.807, 2.05) is 42.5 Å². The molecule has 2 rings (SSSR count). The zero-order chi connectivity index (χ0) is 16.7. The Labute approximate surface area is 150 Å². The summed E-state index contributed by atoms with van der Waals surface area (Å²) >= 11 is 2.24. The minimum atomic E-state index is -0.698. The minimum Gasteiger partial charge on any atom is -0.384 e. The number of hydrogen-bond donors (Lipinski definition) is 3. The van der Waals surface area contributed by atoms with Crippen LogP contribution in [0.1, 0.15) is 36.1 Å². The SMILES string of the molecule is CCCOCNc1ccc(C(O)c2ccc(I)cc2)cc1C=N. The highest BCUT2D eigenvalue weighted by molar-refractivity contribution is 14.1. The van der Waals surface area contributed by atoms with Crippen LogP contribution < -0.4 is 5.32 Å². The Morgan fingerprint density at radius 1 is 1.22 bits per heavy atom. The van der Waals surface area contributed by atoms with Crippen LogP contribution in [0, 0.1) is 8.98 Å². The molecule has 23 heavy (non-hydrogen) atoms. The fourth-order valence-corrected chi connectivity index (χ4v) is 2.57. The van der Waals surface area contributed by atoms with Gasteiger partial charge in [-0.1, -0.05) is 25.1 Å². The highest BCUT2D eigenvalue weighted by Crippen LogP contribution is 2.26. The molecule has 0 saturated heterocycles. The molecule has 0 spiro atoms. The molecule has 0 amide bonds. The van der Waals surface area contributed by atoms with Crippen molar-refractivity contribution in [3.05, 3.63) is 62.7 Å². The van der Waals surface area contributed by atoms with Crippen molar-refractivity contribution in [1.82, 2.24) is 0 Å². The molecular formula is C18H21IN2O2. The van der Waals surface area contributed by atoms with Crippen molar-refractivity contribution in [3.8, 4) is 0 Å². The molecule has 3 N–H and O–H groups in total. The number of benzene rings is 2. The Balaban J connectivity index is 2.14. The lowest BCUT2D eigenvalue weighted by atomic mass is 9.99. The van der Waals surface area contributed by atoms with Crippen LogP contribution in [0.2, 0.25) is 0 Å². The molecule has 4 nitrogen and oxygen atoms in total. The molecule has 2 aromatic rings. The standard InChI is InChI=1S/C18H21IN2O2/c1-2-9-23-12-21-17-8-5-14(10-15(17)11-20)18(22)13-3-6-16(19)7-4-13/h3-8,10-11,18,20-22H,2,9,12H2,1H3.